The van der Waals surface area contributed by atoms with Crippen molar-refractivity contribution in [3.8, 4) is 5.75 Å². The van der Waals surface area contributed by atoms with Gasteiger partial charge >= 0.3 is 5.97 Å². The fourth-order valence-electron chi connectivity index (χ4n) is 2.80. The first-order valence-electron chi connectivity index (χ1n) is 7.33. The number of hydrogen-bond acceptors (Lipinski definition) is 3. The summed E-state index contributed by atoms with van der Waals surface area (Å²) >= 11 is 0. The Labute approximate surface area is 134 Å². The second-order valence-electron chi connectivity index (χ2n) is 5.59. The molecule has 1 aromatic carbocycles. The first-order chi connectivity index (χ1) is 11.0. The Bertz CT molecular complexity index is 879. The van der Waals surface area contributed by atoms with Crippen LogP contribution in [0.3, 0.4) is 0 Å². The molecule has 3 aromatic rings. The van der Waals surface area contributed by atoms with Gasteiger partial charge in [-0.15, -0.1) is 0 Å². The van der Waals surface area contributed by atoms with Gasteiger partial charge in [0.15, 0.2) is 0 Å². The van der Waals surface area contributed by atoms with Gasteiger partial charge in [0.25, 0.3) is 0 Å². The lowest BCUT2D eigenvalue weighted by Gasteiger charge is -2.11. The Morgan fingerprint density at radius 2 is 2.04 bits per heavy atom. The van der Waals surface area contributed by atoms with Crippen molar-refractivity contribution in [3.63, 3.8) is 0 Å². The standard InChI is InChI=1S/C18H18N2O3/c1-11-4-6-13(19-9-11)10-20-15(18(21)22)8-14-16(23-3)7-5-12(2)17(14)20/h4-9H,10H2,1-3H3,(H,21,22). The van der Waals surface area contributed by atoms with E-state index in [0.29, 0.717) is 12.3 Å². The largest absolute Gasteiger partial charge is 0.496 e. The van der Waals surface area contributed by atoms with Crippen LogP contribution >= 0.6 is 0 Å². The number of aromatic carboxylic acids is 1. The van der Waals surface area contributed by atoms with Crippen LogP contribution in [0.1, 0.15) is 27.3 Å². The molecule has 0 aliphatic rings. The van der Waals surface area contributed by atoms with Crippen LogP contribution in [-0.4, -0.2) is 27.7 Å². The number of nitrogens with zero attached hydrogens (tertiary/aromatic N) is 2. The van der Waals surface area contributed by atoms with Crippen LogP contribution < -0.4 is 4.74 Å². The van der Waals surface area contributed by atoms with Crippen molar-refractivity contribution in [3.05, 3.63) is 59.0 Å². The van der Waals surface area contributed by atoms with E-state index in [1.165, 1.54) is 0 Å². The first-order valence-corrected chi connectivity index (χ1v) is 7.33. The molecule has 0 bridgehead atoms. The summed E-state index contributed by atoms with van der Waals surface area (Å²) in [6, 6.07) is 9.35. The Balaban J connectivity index is 2.22. The van der Waals surface area contributed by atoms with Gasteiger partial charge in [0.2, 0.25) is 0 Å². The molecular weight excluding hydrogens is 292 g/mol. The van der Waals surface area contributed by atoms with Gasteiger partial charge in [-0.2, -0.15) is 0 Å². The summed E-state index contributed by atoms with van der Waals surface area (Å²) in [6.07, 6.45) is 1.79. The Hall–Kier alpha value is -2.82. The number of fused-ring (bicyclic) bond motifs is 1. The van der Waals surface area contributed by atoms with Crippen molar-refractivity contribution < 1.29 is 14.6 Å². The number of aryl methyl sites for hydroxylation is 2. The minimum absolute atomic E-state index is 0.231. The summed E-state index contributed by atoms with van der Waals surface area (Å²) in [5.41, 5.74) is 3.99. The van der Waals surface area contributed by atoms with Crippen molar-refractivity contribution >= 4 is 16.9 Å². The molecule has 0 spiro atoms. The highest BCUT2D eigenvalue weighted by atomic mass is 16.5. The fraction of sp³-hybridized carbons (Fsp3) is 0.222. The Kier molecular flexibility index (Phi) is 3.78. The third-order valence-electron chi connectivity index (χ3n) is 3.95. The van der Waals surface area contributed by atoms with Crippen LogP contribution in [0.2, 0.25) is 0 Å². The number of carboxylic acid groups (broad SMARTS) is 1. The van der Waals surface area contributed by atoms with Crippen LogP contribution in [0.4, 0.5) is 0 Å². The molecule has 5 nitrogen and oxygen atoms in total. The van der Waals surface area contributed by atoms with Gasteiger partial charge in [0.1, 0.15) is 11.4 Å². The van der Waals surface area contributed by atoms with E-state index in [-0.39, 0.29) is 5.69 Å². The van der Waals surface area contributed by atoms with Gasteiger partial charge < -0.3 is 14.4 Å². The molecule has 0 radical (unpaired) electrons. The Morgan fingerprint density at radius 1 is 1.26 bits per heavy atom. The number of methoxy groups -OCH3 is 1. The average molecular weight is 310 g/mol. The normalized spacial score (nSPS) is 10.9. The number of carbonyl (C=O) groups is 1. The van der Waals surface area contributed by atoms with Crippen LogP contribution in [0.5, 0.6) is 5.75 Å². The van der Waals surface area contributed by atoms with Gasteiger partial charge in [-0.3, -0.25) is 4.98 Å². The third kappa shape index (κ3) is 2.65. The molecule has 0 fully saturated rings. The van der Waals surface area contributed by atoms with Crippen molar-refractivity contribution in [2.45, 2.75) is 20.4 Å². The zero-order chi connectivity index (χ0) is 16.6. The lowest BCUT2D eigenvalue weighted by molar-refractivity contribution is 0.0686. The van der Waals surface area contributed by atoms with Crippen molar-refractivity contribution in [1.29, 1.82) is 0 Å². The molecule has 2 heterocycles. The quantitative estimate of drug-likeness (QED) is 0.802. The van der Waals surface area contributed by atoms with E-state index in [2.05, 4.69) is 4.98 Å². The molecule has 0 unspecified atom stereocenters. The number of pyridine rings is 1. The summed E-state index contributed by atoms with van der Waals surface area (Å²) in [5, 5.41) is 10.4. The molecule has 0 atom stereocenters. The Morgan fingerprint density at radius 3 is 2.65 bits per heavy atom. The highest BCUT2D eigenvalue weighted by Gasteiger charge is 2.19. The summed E-state index contributed by atoms with van der Waals surface area (Å²) in [6.45, 7) is 4.34. The van der Waals surface area contributed by atoms with Gasteiger partial charge in [-0.05, 0) is 43.2 Å². The maximum absolute atomic E-state index is 11.7. The van der Waals surface area contributed by atoms with Crippen LogP contribution in [0.25, 0.3) is 10.9 Å². The van der Waals surface area contributed by atoms with Gasteiger partial charge in [-0.25, -0.2) is 4.79 Å². The van der Waals surface area contributed by atoms with E-state index in [1.54, 1.807) is 23.9 Å². The van der Waals surface area contributed by atoms with Gasteiger partial charge in [0.05, 0.1) is 24.9 Å². The molecule has 2 aromatic heterocycles. The summed E-state index contributed by atoms with van der Waals surface area (Å²) in [4.78, 5) is 16.1. The molecule has 118 valence electrons. The van der Waals surface area contributed by atoms with Crippen molar-refractivity contribution in [2.75, 3.05) is 7.11 Å². The zero-order valence-electron chi connectivity index (χ0n) is 13.3. The molecule has 0 amide bonds. The maximum atomic E-state index is 11.7. The van der Waals surface area contributed by atoms with E-state index in [9.17, 15) is 9.90 Å². The number of hydrogen-bond donors (Lipinski definition) is 1. The smallest absolute Gasteiger partial charge is 0.352 e. The first kappa shape index (κ1) is 15.1. The zero-order valence-corrected chi connectivity index (χ0v) is 13.3. The summed E-state index contributed by atoms with van der Waals surface area (Å²) in [5.74, 6) is -0.293. The number of aromatic nitrogens is 2. The molecular formula is C18H18N2O3. The average Bonchev–Trinajstić information content (AvgIpc) is 2.91. The number of ether oxygens (including phenoxy) is 1. The SMILES string of the molecule is COc1ccc(C)c2c1cc(C(=O)O)n2Cc1ccc(C)cn1. The lowest BCUT2D eigenvalue weighted by Crippen LogP contribution is -2.10. The molecule has 1 N–H and O–H groups in total. The van der Waals surface area contributed by atoms with Gasteiger partial charge in [0, 0.05) is 11.6 Å². The molecule has 0 saturated carbocycles. The monoisotopic (exact) mass is 310 g/mol. The number of rotatable bonds is 4. The highest BCUT2D eigenvalue weighted by Crippen LogP contribution is 2.32. The van der Waals surface area contributed by atoms with Crippen molar-refractivity contribution in [2.24, 2.45) is 0 Å². The van der Waals surface area contributed by atoms with E-state index in [1.807, 2.05) is 38.1 Å². The van der Waals surface area contributed by atoms with E-state index in [0.717, 1.165) is 27.7 Å². The van der Waals surface area contributed by atoms with E-state index >= 15 is 0 Å². The highest BCUT2D eigenvalue weighted by molar-refractivity contribution is 5.98. The third-order valence-corrected chi connectivity index (χ3v) is 3.95. The van der Waals surface area contributed by atoms with Crippen LogP contribution in [0, 0.1) is 13.8 Å². The molecule has 0 saturated heterocycles. The topological polar surface area (TPSA) is 64.3 Å². The summed E-state index contributed by atoms with van der Waals surface area (Å²) < 4.78 is 7.16. The number of benzene rings is 1. The second kappa shape index (κ2) is 5.76. The molecule has 0 aliphatic carbocycles. The molecule has 0 aliphatic heterocycles. The molecule has 23 heavy (non-hydrogen) atoms. The number of carboxylic acids is 1. The van der Waals surface area contributed by atoms with Gasteiger partial charge in [-0.1, -0.05) is 12.1 Å². The predicted molar refractivity (Wildman–Crippen MR) is 88.3 cm³/mol. The predicted octanol–water partition coefficient (Wildman–Crippen LogP) is 3.41. The molecule has 3 rings (SSSR count). The minimum Gasteiger partial charge on any atom is -0.496 e. The summed E-state index contributed by atoms with van der Waals surface area (Å²) in [7, 11) is 1.59. The van der Waals surface area contributed by atoms with E-state index in [4.69, 9.17) is 4.74 Å². The maximum Gasteiger partial charge on any atom is 0.352 e. The van der Waals surface area contributed by atoms with E-state index < -0.39 is 5.97 Å². The second-order valence-corrected chi connectivity index (χ2v) is 5.59. The van der Waals surface area contributed by atoms with Crippen LogP contribution in [-0.2, 0) is 6.54 Å². The van der Waals surface area contributed by atoms with Crippen LogP contribution in [0.15, 0.2) is 36.5 Å². The lowest BCUT2D eigenvalue weighted by atomic mass is 10.1. The van der Waals surface area contributed by atoms with Crippen molar-refractivity contribution in [1.82, 2.24) is 9.55 Å². The molecule has 5 heteroatoms. The minimum atomic E-state index is -0.963. The fourth-order valence-corrected chi connectivity index (χ4v) is 2.80.